The van der Waals surface area contributed by atoms with Crippen molar-refractivity contribution in [1.82, 2.24) is 15.1 Å². The minimum atomic E-state index is 0.227. The van der Waals surface area contributed by atoms with E-state index < -0.39 is 0 Å². The predicted octanol–water partition coefficient (Wildman–Crippen LogP) is 0.539. The molecule has 0 aliphatic carbocycles. The van der Waals surface area contributed by atoms with Gasteiger partial charge in [0.15, 0.2) is 0 Å². The summed E-state index contributed by atoms with van der Waals surface area (Å²) in [4.78, 5) is 15.4. The normalized spacial score (nSPS) is 18.7. The third kappa shape index (κ3) is 4.94. The van der Waals surface area contributed by atoms with E-state index in [1.54, 1.807) is 4.90 Å². The smallest absolute Gasteiger partial charge is 0.222 e. The number of piperidine rings is 1. The fourth-order valence-corrected chi connectivity index (χ4v) is 1.98. The van der Waals surface area contributed by atoms with Gasteiger partial charge in [-0.2, -0.15) is 0 Å². The first-order valence-corrected chi connectivity index (χ1v) is 6.21. The van der Waals surface area contributed by atoms with E-state index >= 15 is 0 Å². The van der Waals surface area contributed by atoms with Gasteiger partial charge in [-0.05, 0) is 45.9 Å². The molecule has 0 radical (unpaired) electrons. The van der Waals surface area contributed by atoms with Gasteiger partial charge in [0.1, 0.15) is 0 Å². The van der Waals surface area contributed by atoms with E-state index in [9.17, 15) is 4.79 Å². The SMILES string of the molecule is CN1CCC(NCCCC(=O)N(C)C)CC1. The fraction of sp³-hybridized carbons (Fsp3) is 0.917. The van der Waals surface area contributed by atoms with Crippen molar-refractivity contribution in [3.8, 4) is 0 Å². The second-order valence-electron chi connectivity index (χ2n) is 4.92. The maximum atomic E-state index is 11.3. The van der Waals surface area contributed by atoms with Crippen LogP contribution in [0.1, 0.15) is 25.7 Å². The van der Waals surface area contributed by atoms with E-state index in [-0.39, 0.29) is 5.91 Å². The Kier molecular flexibility index (Phi) is 5.77. The lowest BCUT2D eigenvalue weighted by Crippen LogP contribution is -2.41. The molecule has 1 saturated heterocycles. The highest BCUT2D eigenvalue weighted by Crippen LogP contribution is 2.08. The maximum Gasteiger partial charge on any atom is 0.222 e. The van der Waals surface area contributed by atoms with E-state index in [4.69, 9.17) is 0 Å². The van der Waals surface area contributed by atoms with Gasteiger partial charge in [-0.15, -0.1) is 0 Å². The monoisotopic (exact) mass is 227 g/mol. The third-order valence-electron chi connectivity index (χ3n) is 3.22. The van der Waals surface area contributed by atoms with Crippen LogP contribution in [0.2, 0.25) is 0 Å². The molecule has 0 unspecified atom stereocenters. The standard InChI is InChI=1S/C12H25N3O/c1-14(2)12(16)5-4-8-13-11-6-9-15(3)10-7-11/h11,13H,4-10H2,1-3H3. The lowest BCUT2D eigenvalue weighted by Gasteiger charge is -2.29. The summed E-state index contributed by atoms with van der Waals surface area (Å²) in [6, 6.07) is 0.658. The Morgan fingerprint density at radius 1 is 1.38 bits per heavy atom. The van der Waals surface area contributed by atoms with Gasteiger partial charge in [-0.25, -0.2) is 0 Å². The van der Waals surface area contributed by atoms with Crippen LogP contribution < -0.4 is 5.32 Å². The molecule has 1 N–H and O–H groups in total. The quantitative estimate of drug-likeness (QED) is 0.696. The molecular weight excluding hydrogens is 202 g/mol. The first-order chi connectivity index (χ1) is 7.59. The summed E-state index contributed by atoms with van der Waals surface area (Å²) in [6.07, 6.45) is 4.08. The number of hydrogen-bond donors (Lipinski definition) is 1. The molecule has 1 rings (SSSR count). The van der Waals surface area contributed by atoms with Gasteiger partial charge in [0.25, 0.3) is 0 Å². The summed E-state index contributed by atoms with van der Waals surface area (Å²) in [5.74, 6) is 0.227. The molecule has 0 aromatic rings. The number of carbonyl (C=O) groups is 1. The molecule has 4 heteroatoms. The van der Waals surface area contributed by atoms with Crippen molar-refractivity contribution >= 4 is 5.91 Å². The first kappa shape index (κ1) is 13.5. The van der Waals surface area contributed by atoms with Crippen molar-refractivity contribution in [2.24, 2.45) is 0 Å². The van der Waals surface area contributed by atoms with Crippen molar-refractivity contribution in [3.63, 3.8) is 0 Å². The Morgan fingerprint density at radius 2 is 2.00 bits per heavy atom. The van der Waals surface area contributed by atoms with E-state index in [0.29, 0.717) is 12.5 Å². The lowest BCUT2D eigenvalue weighted by atomic mass is 10.1. The van der Waals surface area contributed by atoms with Gasteiger partial charge in [-0.3, -0.25) is 4.79 Å². The average molecular weight is 227 g/mol. The molecule has 1 aliphatic heterocycles. The Morgan fingerprint density at radius 3 is 2.56 bits per heavy atom. The molecule has 0 aromatic carbocycles. The fourth-order valence-electron chi connectivity index (χ4n) is 1.98. The second-order valence-corrected chi connectivity index (χ2v) is 4.92. The van der Waals surface area contributed by atoms with Gasteiger partial charge in [0.05, 0.1) is 0 Å². The zero-order valence-electron chi connectivity index (χ0n) is 10.8. The Hall–Kier alpha value is -0.610. The average Bonchev–Trinajstić information content (AvgIpc) is 2.26. The van der Waals surface area contributed by atoms with Crippen molar-refractivity contribution < 1.29 is 4.79 Å². The van der Waals surface area contributed by atoms with E-state index in [0.717, 1.165) is 13.0 Å². The van der Waals surface area contributed by atoms with Gasteiger partial charge < -0.3 is 15.1 Å². The van der Waals surface area contributed by atoms with Crippen LogP contribution in [0.5, 0.6) is 0 Å². The van der Waals surface area contributed by atoms with Crippen LogP contribution in [-0.4, -0.2) is 62.5 Å². The molecule has 1 aliphatic rings. The highest BCUT2D eigenvalue weighted by Gasteiger charge is 2.15. The highest BCUT2D eigenvalue weighted by molar-refractivity contribution is 5.75. The second kappa shape index (κ2) is 6.86. The minimum absolute atomic E-state index is 0.227. The summed E-state index contributed by atoms with van der Waals surface area (Å²) in [5, 5.41) is 3.54. The number of amides is 1. The largest absolute Gasteiger partial charge is 0.349 e. The predicted molar refractivity (Wildman–Crippen MR) is 66.4 cm³/mol. The lowest BCUT2D eigenvalue weighted by molar-refractivity contribution is -0.128. The van der Waals surface area contributed by atoms with Gasteiger partial charge >= 0.3 is 0 Å². The number of carbonyl (C=O) groups excluding carboxylic acids is 1. The molecule has 4 nitrogen and oxygen atoms in total. The molecule has 0 bridgehead atoms. The zero-order chi connectivity index (χ0) is 12.0. The minimum Gasteiger partial charge on any atom is -0.349 e. The number of nitrogens with zero attached hydrogens (tertiary/aromatic N) is 2. The Bertz CT molecular complexity index is 210. The summed E-state index contributed by atoms with van der Waals surface area (Å²) in [5.41, 5.74) is 0. The topological polar surface area (TPSA) is 35.6 Å². The van der Waals surface area contributed by atoms with Gasteiger partial charge in [0, 0.05) is 26.6 Å². The van der Waals surface area contributed by atoms with Crippen LogP contribution >= 0.6 is 0 Å². The third-order valence-corrected chi connectivity index (χ3v) is 3.22. The molecular formula is C12H25N3O. The zero-order valence-corrected chi connectivity index (χ0v) is 10.8. The molecule has 0 aromatic heterocycles. The van der Waals surface area contributed by atoms with E-state index in [2.05, 4.69) is 17.3 Å². The number of nitrogens with one attached hydrogen (secondary N) is 1. The summed E-state index contributed by atoms with van der Waals surface area (Å²) >= 11 is 0. The molecule has 94 valence electrons. The summed E-state index contributed by atoms with van der Waals surface area (Å²) in [7, 11) is 5.80. The van der Waals surface area contributed by atoms with Crippen molar-refractivity contribution in [2.75, 3.05) is 40.8 Å². The van der Waals surface area contributed by atoms with Crippen molar-refractivity contribution in [1.29, 1.82) is 0 Å². The van der Waals surface area contributed by atoms with E-state index in [1.165, 1.54) is 25.9 Å². The molecule has 0 atom stereocenters. The molecule has 16 heavy (non-hydrogen) atoms. The van der Waals surface area contributed by atoms with Crippen LogP contribution in [0.25, 0.3) is 0 Å². The number of rotatable bonds is 5. The van der Waals surface area contributed by atoms with Gasteiger partial charge in [-0.1, -0.05) is 0 Å². The van der Waals surface area contributed by atoms with Crippen LogP contribution in [-0.2, 0) is 4.79 Å². The van der Waals surface area contributed by atoms with Crippen LogP contribution in [0.15, 0.2) is 0 Å². The Labute approximate surface area is 99.0 Å². The van der Waals surface area contributed by atoms with Crippen LogP contribution in [0.3, 0.4) is 0 Å². The van der Waals surface area contributed by atoms with Crippen molar-refractivity contribution in [3.05, 3.63) is 0 Å². The van der Waals surface area contributed by atoms with Crippen LogP contribution in [0, 0.1) is 0 Å². The molecule has 1 amide bonds. The van der Waals surface area contributed by atoms with Crippen molar-refractivity contribution in [2.45, 2.75) is 31.7 Å². The summed E-state index contributed by atoms with van der Waals surface area (Å²) < 4.78 is 0. The van der Waals surface area contributed by atoms with Gasteiger partial charge in [0.2, 0.25) is 5.91 Å². The van der Waals surface area contributed by atoms with E-state index in [1.807, 2.05) is 14.1 Å². The molecule has 1 fully saturated rings. The highest BCUT2D eigenvalue weighted by atomic mass is 16.2. The molecule has 1 heterocycles. The molecule has 0 saturated carbocycles. The maximum absolute atomic E-state index is 11.3. The number of hydrogen-bond acceptors (Lipinski definition) is 3. The van der Waals surface area contributed by atoms with Crippen LogP contribution in [0.4, 0.5) is 0 Å². The first-order valence-electron chi connectivity index (χ1n) is 6.21. The molecule has 0 spiro atoms. The number of likely N-dealkylation sites (tertiary alicyclic amines) is 1. The summed E-state index contributed by atoms with van der Waals surface area (Å²) in [6.45, 7) is 3.34. The Balaban J connectivity index is 2.01.